The van der Waals surface area contributed by atoms with Crippen LogP contribution in [0.1, 0.15) is 65.0 Å². The van der Waals surface area contributed by atoms with E-state index in [0.29, 0.717) is 32.6 Å². The van der Waals surface area contributed by atoms with Gasteiger partial charge >= 0.3 is 0 Å². The second-order valence-electron chi connectivity index (χ2n) is 13.9. The number of hydrogen-bond donors (Lipinski definition) is 0. The number of nitrogens with zero attached hydrogens (tertiary/aromatic N) is 6. The minimum absolute atomic E-state index is 0.00439. The number of aryl methyl sites for hydroxylation is 3. The maximum Gasteiger partial charge on any atom is 0.246 e. The molecule has 0 fully saturated rings. The molecule has 54 heavy (non-hydrogen) atoms. The number of rotatable bonds is 8. The molecule has 6 aromatic rings. The molecule has 4 aromatic heterocycles. The number of allylic oxidation sites excluding steroid dienone is 1. The molecule has 0 radical (unpaired) electrons. The fourth-order valence-electron chi connectivity index (χ4n) is 7.91. The summed E-state index contributed by atoms with van der Waals surface area (Å²) in [6.07, 6.45) is 12.6. The van der Waals surface area contributed by atoms with E-state index in [4.69, 9.17) is 0 Å². The summed E-state index contributed by atoms with van der Waals surface area (Å²) in [4.78, 5) is 53.1. The van der Waals surface area contributed by atoms with Crippen molar-refractivity contribution < 1.29 is 9.59 Å². The predicted octanol–water partition coefficient (Wildman–Crippen LogP) is 8.58. The van der Waals surface area contributed by atoms with E-state index < -0.39 is 0 Å². The van der Waals surface area contributed by atoms with Crippen LogP contribution in [0.25, 0.3) is 22.3 Å². The van der Waals surface area contributed by atoms with Crippen molar-refractivity contribution in [2.75, 3.05) is 13.1 Å². The Morgan fingerprint density at radius 2 is 1.26 bits per heavy atom. The fraction of sp³-hybridized carbons (Fsp3) is 0.227. The summed E-state index contributed by atoms with van der Waals surface area (Å²) >= 11 is 3.48. The molecule has 2 atom stereocenters. The summed E-state index contributed by atoms with van der Waals surface area (Å²) in [7, 11) is 0. The zero-order valence-electron chi connectivity index (χ0n) is 30.5. The van der Waals surface area contributed by atoms with E-state index in [9.17, 15) is 9.59 Å². The van der Waals surface area contributed by atoms with E-state index in [1.54, 1.807) is 41.4 Å². The van der Waals surface area contributed by atoms with Crippen LogP contribution < -0.4 is 0 Å². The van der Waals surface area contributed by atoms with Crippen molar-refractivity contribution in [2.45, 2.75) is 52.1 Å². The number of amides is 2. The summed E-state index contributed by atoms with van der Waals surface area (Å²) in [6, 6.07) is 21.3. The quantitative estimate of drug-likeness (QED) is 0.145. The third-order valence-corrected chi connectivity index (χ3v) is 12.7. The SMILES string of the molecule is C=CC(=O)N1Cc2sc(C/C=C/C(=O)N3Cc4sc(C)cc4[C@@H](c4ccccc4-c4cncnc4C)C3)cc2[C@H](c2ccccc2-c2cncnc2C)C1. The average molecular weight is 749 g/mol. The van der Waals surface area contributed by atoms with Crippen molar-refractivity contribution in [2.24, 2.45) is 0 Å². The maximum absolute atomic E-state index is 13.9. The zero-order valence-corrected chi connectivity index (χ0v) is 32.2. The Hall–Kier alpha value is -5.58. The lowest BCUT2D eigenvalue weighted by molar-refractivity contribution is -0.127. The smallest absolute Gasteiger partial charge is 0.246 e. The van der Waals surface area contributed by atoms with Crippen LogP contribution in [-0.2, 0) is 29.1 Å². The zero-order chi connectivity index (χ0) is 37.3. The van der Waals surface area contributed by atoms with Gasteiger partial charge in [-0.3, -0.25) is 9.59 Å². The molecule has 8 nitrogen and oxygen atoms in total. The van der Waals surface area contributed by atoms with Gasteiger partial charge in [0.15, 0.2) is 0 Å². The van der Waals surface area contributed by atoms with Crippen molar-refractivity contribution >= 4 is 34.5 Å². The molecule has 0 bridgehead atoms. The number of carbonyl (C=O) groups excluding carboxylic acids is 2. The Morgan fingerprint density at radius 3 is 1.83 bits per heavy atom. The highest BCUT2D eigenvalue weighted by atomic mass is 32.1. The molecule has 270 valence electrons. The minimum atomic E-state index is -0.0819. The van der Waals surface area contributed by atoms with Gasteiger partial charge in [-0.25, -0.2) is 19.9 Å². The second kappa shape index (κ2) is 15.0. The Balaban J connectivity index is 1.06. The Kier molecular flexibility index (Phi) is 9.87. The molecule has 2 amide bonds. The van der Waals surface area contributed by atoms with E-state index in [0.717, 1.165) is 49.0 Å². The molecule has 0 saturated carbocycles. The predicted molar refractivity (Wildman–Crippen MR) is 215 cm³/mol. The largest absolute Gasteiger partial charge is 0.333 e. The molecule has 2 aliphatic rings. The Morgan fingerprint density at radius 1 is 0.722 bits per heavy atom. The molecule has 10 heteroatoms. The number of benzene rings is 2. The van der Waals surface area contributed by atoms with E-state index in [1.165, 1.54) is 32.5 Å². The molecular weight excluding hydrogens is 709 g/mol. The molecular formula is C44H40N6O2S2. The molecule has 8 rings (SSSR count). The van der Waals surface area contributed by atoms with Crippen molar-refractivity contribution in [1.82, 2.24) is 29.7 Å². The van der Waals surface area contributed by atoms with Crippen LogP contribution in [0.4, 0.5) is 0 Å². The van der Waals surface area contributed by atoms with E-state index in [2.05, 4.69) is 88.0 Å². The normalized spacial score (nSPS) is 16.6. The first-order valence-corrected chi connectivity index (χ1v) is 19.7. The number of fused-ring (bicyclic) bond motifs is 2. The third kappa shape index (κ3) is 6.83. The summed E-state index contributed by atoms with van der Waals surface area (Å²) < 4.78 is 0. The number of aromatic nitrogens is 4. The van der Waals surface area contributed by atoms with Gasteiger partial charge < -0.3 is 9.80 Å². The van der Waals surface area contributed by atoms with Crippen LogP contribution in [0, 0.1) is 20.8 Å². The number of hydrogen-bond acceptors (Lipinski definition) is 8. The number of thiophene rings is 2. The third-order valence-electron chi connectivity index (χ3n) is 10.5. The summed E-state index contributed by atoms with van der Waals surface area (Å²) in [6.45, 7) is 12.2. The van der Waals surface area contributed by atoms with Crippen molar-refractivity contribution in [3.05, 3.63) is 164 Å². The van der Waals surface area contributed by atoms with Crippen molar-refractivity contribution in [3.63, 3.8) is 0 Å². The van der Waals surface area contributed by atoms with Gasteiger partial charge in [-0.15, -0.1) is 22.7 Å². The lowest BCUT2D eigenvalue weighted by Gasteiger charge is -2.33. The van der Waals surface area contributed by atoms with Crippen molar-refractivity contribution in [3.8, 4) is 22.3 Å². The molecule has 6 heterocycles. The van der Waals surface area contributed by atoms with Crippen LogP contribution in [-0.4, -0.2) is 54.6 Å². The molecule has 2 aliphatic heterocycles. The highest BCUT2D eigenvalue weighted by molar-refractivity contribution is 7.12. The van der Waals surface area contributed by atoms with Gasteiger partial charge in [0.1, 0.15) is 12.7 Å². The van der Waals surface area contributed by atoms with Crippen LogP contribution in [0.2, 0.25) is 0 Å². The van der Waals surface area contributed by atoms with Gasteiger partial charge in [-0.1, -0.05) is 61.2 Å². The first kappa shape index (κ1) is 35.4. The first-order valence-electron chi connectivity index (χ1n) is 18.1. The lowest BCUT2D eigenvalue weighted by atomic mass is 9.83. The van der Waals surface area contributed by atoms with Gasteiger partial charge in [0.05, 0.1) is 13.1 Å². The highest BCUT2D eigenvalue weighted by Gasteiger charge is 2.33. The molecule has 0 aliphatic carbocycles. The van der Waals surface area contributed by atoms with E-state index in [1.807, 2.05) is 48.2 Å². The van der Waals surface area contributed by atoms with Gasteiger partial charge in [-0.2, -0.15) is 0 Å². The molecule has 0 N–H and O–H groups in total. The maximum atomic E-state index is 13.9. The van der Waals surface area contributed by atoms with Crippen molar-refractivity contribution in [1.29, 1.82) is 0 Å². The standard InChI is InChI=1S/C44H40N6O2S2/c1-5-43(51)49-21-40(34-15-9-7-13-32(34)38-20-46-26-48-29(38)4)36-18-30(54-42(36)24-49)11-10-16-44(52)50-22-39(35-17-27(2)53-41(35)23-50)33-14-8-6-12-31(33)37-19-45-25-47-28(37)3/h5-10,12-20,25-26,39-40H,1,11,21-24H2,2-4H3/b16-10+/t39-,40+/m1/s1. The number of carbonyl (C=O) groups is 2. The van der Waals surface area contributed by atoms with E-state index in [-0.39, 0.29) is 23.7 Å². The van der Waals surface area contributed by atoms with Gasteiger partial charge in [0, 0.05) is 85.8 Å². The average Bonchev–Trinajstić information content (AvgIpc) is 3.79. The molecule has 2 aromatic carbocycles. The fourth-order valence-corrected chi connectivity index (χ4v) is 10.2. The minimum Gasteiger partial charge on any atom is -0.333 e. The van der Waals surface area contributed by atoms with Crippen LogP contribution in [0.15, 0.2) is 111 Å². The molecule has 0 unspecified atom stereocenters. The first-order chi connectivity index (χ1) is 26.3. The van der Waals surface area contributed by atoms with Gasteiger partial charge in [0.25, 0.3) is 0 Å². The monoisotopic (exact) mass is 748 g/mol. The van der Waals surface area contributed by atoms with Gasteiger partial charge in [-0.05, 0) is 78.4 Å². The summed E-state index contributed by atoms with van der Waals surface area (Å²) in [5.41, 5.74) is 10.8. The van der Waals surface area contributed by atoms with Crippen LogP contribution in [0.3, 0.4) is 0 Å². The van der Waals surface area contributed by atoms with E-state index >= 15 is 0 Å². The lowest BCUT2D eigenvalue weighted by Crippen LogP contribution is -2.37. The highest BCUT2D eigenvalue weighted by Crippen LogP contribution is 2.44. The Bertz CT molecular complexity index is 2430. The summed E-state index contributed by atoms with van der Waals surface area (Å²) in [5.74, 6) is -0.0821. The molecule has 0 saturated heterocycles. The Labute approximate surface area is 323 Å². The van der Waals surface area contributed by atoms with Gasteiger partial charge in [0.2, 0.25) is 11.8 Å². The summed E-state index contributed by atoms with van der Waals surface area (Å²) in [5, 5.41) is 0. The molecule has 0 spiro atoms. The second-order valence-corrected chi connectivity index (χ2v) is 16.5. The van der Waals surface area contributed by atoms with Crippen LogP contribution >= 0.6 is 22.7 Å². The van der Waals surface area contributed by atoms with Crippen LogP contribution in [0.5, 0.6) is 0 Å². The topological polar surface area (TPSA) is 92.2 Å².